The van der Waals surface area contributed by atoms with Crippen molar-refractivity contribution in [1.82, 2.24) is 9.97 Å². The van der Waals surface area contributed by atoms with Gasteiger partial charge in [-0.3, -0.25) is 0 Å². The summed E-state index contributed by atoms with van der Waals surface area (Å²) in [5.41, 5.74) is 1.16. The van der Waals surface area contributed by atoms with E-state index in [2.05, 4.69) is 35.6 Å². The molecule has 0 amide bonds. The van der Waals surface area contributed by atoms with Crippen molar-refractivity contribution < 1.29 is 4.74 Å². The summed E-state index contributed by atoms with van der Waals surface area (Å²) in [6.45, 7) is 9.79. The molecule has 0 bridgehead atoms. The average Bonchev–Trinajstić information content (AvgIpc) is 2.29. The summed E-state index contributed by atoms with van der Waals surface area (Å²) >= 11 is 0. The number of hydrogen-bond acceptors (Lipinski definition) is 4. The van der Waals surface area contributed by atoms with Gasteiger partial charge in [-0.15, -0.1) is 0 Å². The van der Waals surface area contributed by atoms with Crippen molar-refractivity contribution in [2.45, 2.75) is 26.2 Å². The third-order valence-electron chi connectivity index (χ3n) is 2.71. The molecule has 2 rings (SSSR count). The first-order valence-corrected chi connectivity index (χ1v) is 5.73. The third kappa shape index (κ3) is 2.50. The molecular weight excluding hydrogens is 202 g/mol. The van der Waals surface area contributed by atoms with Crippen LogP contribution in [0.5, 0.6) is 0 Å². The second-order valence-corrected chi connectivity index (χ2v) is 5.09. The summed E-state index contributed by atoms with van der Waals surface area (Å²) in [6, 6.07) is 1.99. The molecule has 1 aromatic rings. The Morgan fingerprint density at radius 3 is 2.56 bits per heavy atom. The molecule has 1 fully saturated rings. The van der Waals surface area contributed by atoms with Crippen molar-refractivity contribution in [2.75, 3.05) is 31.2 Å². The number of aromatic nitrogens is 2. The maximum Gasteiger partial charge on any atom is 0.225 e. The molecule has 1 aliphatic heterocycles. The monoisotopic (exact) mass is 221 g/mol. The highest BCUT2D eigenvalue weighted by Gasteiger charge is 2.19. The zero-order valence-electron chi connectivity index (χ0n) is 10.2. The molecule has 88 valence electrons. The summed E-state index contributed by atoms with van der Waals surface area (Å²) in [5, 5.41) is 0. The number of anilines is 1. The van der Waals surface area contributed by atoms with E-state index in [0.29, 0.717) is 0 Å². The number of morpholine rings is 1. The lowest BCUT2D eigenvalue weighted by atomic mass is 9.92. The van der Waals surface area contributed by atoms with Gasteiger partial charge in [-0.05, 0) is 6.07 Å². The number of ether oxygens (including phenoxy) is 1. The Bertz CT molecular complexity index is 354. The van der Waals surface area contributed by atoms with E-state index in [1.54, 1.807) is 0 Å². The van der Waals surface area contributed by atoms with Crippen LogP contribution in [0.1, 0.15) is 26.5 Å². The van der Waals surface area contributed by atoms with Gasteiger partial charge in [0.1, 0.15) is 0 Å². The van der Waals surface area contributed by atoms with E-state index in [1.165, 1.54) is 0 Å². The highest BCUT2D eigenvalue weighted by atomic mass is 16.5. The fraction of sp³-hybridized carbons (Fsp3) is 0.667. The SMILES string of the molecule is CC(C)(C)c1ccnc(N2CCOCC2)n1. The van der Waals surface area contributed by atoms with Gasteiger partial charge in [-0.2, -0.15) is 0 Å². The Labute approximate surface area is 96.7 Å². The maximum absolute atomic E-state index is 5.32. The molecule has 0 aromatic carbocycles. The highest BCUT2D eigenvalue weighted by Crippen LogP contribution is 2.21. The van der Waals surface area contributed by atoms with Crippen LogP contribution in [0.25, 0.3) is 0 Å². The lowest BCUT2D eigenvalue weighted by Gasteiger charge is -2.28. The average molecular weight is 221 g/mol. The fourth-order valence-electron chi connectivity index (χ4n) is 1.68. The first-order chi connectivity index (χ1) is 7.57. The lowest BCUT2D eigenvalue weighted by Crippen LogP contribution is -2.37. The van der Waals surface area contributed by atoms with Crippen LogP contribution in [0.4, 0.5) is 5.95 Å². The second kappa shape index (κ2) is 4.37. The van der Waals surface area contributed by atoms with Gasteiger partial charge in [-0.25, -0.2) is 9.97 Å². The smallest absolute Gasteiger partial charge is 0.225 e. The molecular formula is C12H19N3O. The minimum Gasteiger partial charge on any atom is -0.378 e. The van der Waals surface area contributed by atoms with Gasteiger partial charge < -0.3 is 9.64 Å². The van der Waals surface area contributed by atoms with Gasteiger partial charge in [0.05, 0.1) is 18.9 Å². The van der Waals surface area contributed by atoms with Crippen LogP contribution in [0.2, 0.25) is 0 Å². The third-order valence-corrected chi connectivity index (χ3v) is 2.71. The molecule has 2 heterocycles. The predicted molar refractivity (Wildman–Crippen MR) is 63.8 cm³/mol. The van der Waals surface area contributed by atoms with Crippen molar-refractivity contribution in [3.05, 3.63) is 18.0 Å². The van der Waals surface area contributed by atoms with E-state index in [4.69, 9.17) is 4.74 Å². The number of nitrogens with zero attached hydrogens (tertiary/aromatic N) is 3. The Hall–Kier alpha value is -1.16. The minimum atomic E-state index is 0.0734. The Balaban J connectivity index is 2.21. The van der Waals surface area contributed by atoms with Crippen LogP contribution in [0.15, 0.2) is 12.3 Å². The quantitative estimate of drug-likeness (QED) is 0.722. The van der Waals surface area contributed by atoms with Gasteiger partial charge >= 0.3 is 0 Å². The number of rotatable bonds is 1. The summed E-state index contributed by atoms with van der Waals surface area (Å²) in [4.78, 5) is 11.1. The van der Waals surface area contributed by atoms with Crippen molar-refractivity contribution in [1.29, 1.82) is 0 Å². The van der Waals surface area contributed by atoms with Crippen LogP contribution >= 0.6 is 0 Å². The molecule has 1 aliphatic rings. The molecule has 0 atom stereocenters. The summed E-state index contributed by atoms with van der Waals surface area (Å²) in [5.74, 6) is 0.829. The largest absolute Gasteiger partial charge is 0.378 e. The molecule has 4 heteroatoms. The van der Waals surface area contributed by atoms with Crippen molar-refractivity contribution in [3.63, 3.8) is 0 Å². The molecule has 4 nitrogen and oxygen atoms in total. The summed E-state index contributed by atoms with van der Waals surface area (Å²) < 4.78 is 5.32. The van der Waals surface area contributed by atoms with E-state index in [1.807, 2.05) is 12.3 Å². The lowest BCUT2D eigenvalue weighted by molar-refractivity contribution is 0.122. The van der Waals surface area contributed by atoms with E-state index in [-0.39, 0.29) is 5.41 Å². The normalized spacial score (nSPS) is 17.6. The van der Waals surface area contributed by atoms with Crippen LogP contribution in [-0.2, 0) is 10.2 Å². The van der Waals surface area contributed by atoms with Crippen molar-refractivity contribution in [3.8, 4) is 0 Å². The Morgan fingerprint density at radius 1 is 1.25 bits per heavy atom. The second-order valence-electron chi connectivity index (χ2n) is 5.09. The zero-order chi connectivity index (χ0) is 11.6. The molecule has 1 aromatic heterocycles. The van der Waals surface area contributed by atoms with Crippen LogP contribution in [0, 0.1) is 0 Å². The van der Waals surface area contributed by atoms with Crippen LogP contribution in [-0.4, -0.2) is 36.3 Å². The van der Waals surface area contributed by atoms with Crippen LogP contribution in [0.3, 0.4) is 0 Å². The first-order valence-electron chi connectivity index (χ1n) is 5.73. The zero-order valence-corrected chi connectivity index (χ0v) is 10.2. The number of hydrogen-bond donors (Lipinski definition) is 0. The fourth-order valence-corrected chi connectivity index (χ4v) is 1.68. The predicted octanol–water partition coefficient (Wildman–Crippen LogP) is 1.61. The van der Waals surface area contributed by atoms with E-state index >= 15 is 0 Å². The molecule has 0 radical (unpaired) electrons. The van der Waals surface area contributed by atoms with Gasteiger partial charge in [0.25, 0.3) is 0 Å². The highest BCUT2D eigenvalue weighted by molar-refractivity contribution is 5.32. The molecule has 1 saturated heterocycles. The Morgan fingerprint density at radius 2 is 1.94 bits per heavy atom. The van der Waals surface area contributed by atoms with E-state index < -0.39 is 0 Å². The molecule has 0 N–H and O–H groups in total. The topological polar surface area (TPSA) is 38.2 Å². The van der Waals surface area contributed by atoms with Crippen molar-refractivity contribution in [2.24, 2.45) is 0 Å². The first kappa shape index (κ1) is 11.3. The standard InChI is InChI=1S/C12H19N3O/c1-12(2,3)10-4-5-13-11(14-10)15-6-8-16-9-7-15/h4-5H,6-9H2,1-3H3. The summed E-state index contributed by atoms with van der Waals surface area (Å²) in [6.07, 6.45) is 1.85. The van der Waals surface area contributed by atoms with Gasteiger partial charge in [-0.1, -0.05) is 20.8 Å². The molecule has 0 saturated carbocycles. The molecule has 0 spiro atoms. The Kier molecular flexibility index (Phi) is 3.10. The summed E-state index contributed by atoms with van der Waals surface area (Å²) in [7, 11) is 0. The van der Waals surface area contributed by atoms with Gasteiger partial charge in [0, 0.05) is 24.7 Å². The van der Waals surface area contributed by atoms with Gasteiger partial charge in [0.15, 0.2) is 0 Å². The molecule has 0 unspecified atom stereocenters. The minimum absolute atomic E-state index is 0.0734. The van der Waals surface area contributed by atoms with Crippen molar-refractivity contribution >= 4 is 5.95 Å². The molecule has 16 heavy (non-hydrogen) atoms. The van der Waals surface area contributed by atoms with Crippen LogP contribution < -0.4 is 4.90 Å². The maximum atomic E-state index is 5.32. The van der Waals surface area contributed by atoms with E-state index in [9.17, 15) is 0 Å². The van der Waals surface area contributed by atoms with Gasteiger partial charge in [0.2, 0.25) is 5.95 Å². The van der Waals surface area contributed by atoms with E-state index in [0.717, 1.165) is 37.9 Å². The molecule has 0 aliphatic carbocycles.